The Balaban J connectivity index is 4.21. The first-order valence-corrected chi connectivity index (χ1v) is 2.17. The van der Waals surface area contributed by atoms with Crippen LogP contribution in [0.4, 0.5) is 0 Å². The van der Waals surface area contributed by atoms with Crippen LogP contribution in [0.5, 0.6) is 0 Å². The molecule has 0 aromatic rings. The fourth-order valence-electron chi connectivity index (χ4n) is 0.274. The summed E-state index contributed by atoms with van der Waals surface area (Å²) in [5, 5.41) is 14.6. The van der Waals surface area contributed by atoms with Gasteiger partial charge in [0, 0.05) is 0 Å². The Morgan fingerprint density at radius 2 is 2.38 bits per heavy atom. The summed E-state index contributed by atoms with van der Waals surface area (Å²) in [5.74, 6) is 1.97. The highest BCUT2D eigenvalue weighted by atomic mass is 14.3. The van der Waals surface area contributed by atoms with Gasteiger partial charge in [0.2, 0.25) is 0 Å². The number of hydrogen-bond acceptors (Lipinski definition) is 2. The quantitative estimate of drug-likeness (QED) is 0.305. The van der Waals surface area contributed by atoms with Crippen molar-refractivity contribution in [2.45, 2.75) is 6.92 Å². The summed E-state index contributed by atoms with van der Waals surface area (Å²) in [5.41, 5.74) is 0.257. The molecule has 0 aromatic carbocycles. The van der Waals surface area contributed by atoms with Gasteiger partial charge in [-0.05, 0) is 18.9 Å². The second-order valence-corrected chi connectivity index (χ2v) is 1.15. The van der Waals surface area contributed by atoms with Gasteiger partial charge in [0.05, 0.1) is 0 Å². The van der Waals surface area contributed by atoms with Gasteiger partial charge in [-0.15, -0.1) is 0 Å². The zero-order chi connectivity index (χ0) is 6.41. The van der Waals surface area contributed by atoms with E-state index in [1.54, 1.807) is 19.1 Å². The minimum atomic E-state index is 0.257. The van der Waals surface area contributed by atoms with Crippen molar-refractivity contribution in [2.75, 3.05) is 0 Å². The molecule has 2 heteroatoms. The van der Waals surface area contributed by atoms with Crippen molar-refractivity contribution in [1.29, 1.82) is 10.7 Å². The summed E-state index contributed by atoms with van der Waals surface area (Å²) in [4.78, 5) is 0. The molecule has 0 fully saturated rings. The molecule has 0 spiro atoms. The lowest BCUT2D eigenvalue weighted by Gasteiger charge is -1.71. The van der Waals surface area contributed by atoms with E-state index >= 15 is 0 Å². The van der Waals surface area contributed by atoms with Crippen LogP contribution in [0.3, 0.4) is 0 Å². The van der Waals surface area contributed by atoms with Crippen molar-refractivity contribution in [2.24, 2.45) is 0 Å². The fourth-order valence-corrected chi connectivity index (χ4v) is 0.274. The summed E-state index contributed by atoms with van der Waals surface area (Å²) in [6.07, 6.45) is 3.23. The Bertz CT molecular complexity index is 177. The van der Waals surface area contributed by atoms with E-state index in [1.807, 2.05) is 5.87 Å². The van der Waals surface area contributed by atoms with Gasteiger partial charge >= 0.3 is 0 Å². The monoisotopic (exact) mass is 106 g/mol. The molecule has 0 heterocycles. The number of hydrogen-bond donors (Lipinski definition) is 1. The minimum Gasteiger partial charge on any atom is -0.258 e. The van der Waals surface area contributed by atoms with Gasteiger partial charge < -0.3 is 0 Å². The lowest BCUT2D eigenvalue weighted by molar-refractivity contribution is 1.50. The molecule has 0 radical (unpaired) electrons. The predicted molar refractivity (Wildman–Crippen MR) is 31.7 cm³/mol. The molecule has 0 aromatic heterocycles. The van der Waals surface area contributed by atoms with Crippen molar-refractivity contribution in [1.82, 2.24) is 0 Å². The molecule has 0 saturated heterocycles. The van der Waals surface area contributed by atoms with Gasteiger partial charge in [0.1, 0.15) is 11.6 Å². The average Bonchev–Trinajstić information content (AvgIpc) is 1.83. The van der Waals surface area contributed by atoms with Crippen molar-refractivity contribution in [3.05, 3.63) is 17.7 Å². The van der Waals surface area contributed by atoms with Crippen molar-refractivity contribution >= 4 is 5.87 Å². The molecule has 0 aliphatic carbocycles. The summed E-state index contributed by atoms with van der Waals surface area (Å²) in [6, 6.07) is 1.78. The van der Waals surface area contributed by atoms with E-state index in [0.29, 0.717) is 0 Å². The predicted octanol–water partition coefficient (Wildman–Crippen LogP) is 1.26. The van der Waals surface area contributed by atoms with E-state index in [9.17, 15) is 0 Å². The van der Waals surface area contributed by atoms with E-state index in [0.717, 1.165) is 0 Å². The lowest BCUT2D eigenvalue weighted by atomic mass is 10.3. The van der Waals surface area contributed by atoms with Crippen molar-refractivity contribution in [3.63, 3.8) is 0 Å². The minimum absolute atomic E-state index is 0.257. The van der Waals surface area contributed by atoms with Gasteiger partial charge in [-0.3, -0.25) is 5.41 Å². The van der Waals surface area contributed by atoms with E-state index in [1.165, 1.54) is 6.08 Å². The molecule has 0 bridgehead atoms. The standard InChI is InChI=1S/C6H6N2/c1-2-3-6(4-7)5-8/h2-3,7H,1H3/b3-2+. The van der Waals surface area contributed by atoms with Crippen LogP contribution in [-0.2, 0) is 0 Å². The zero-order valence-corrected chi connectivity index (χ0v) is 4.60. The third-order valence-corrected chi connectivity index (χ3v) is 0.588. The third-order valence-electron chi connectivity index (χ3n) is 0.588. The maximum Gasteiger partial charge on any atom is 0.112 e. The van der Waals surface area contributed by atoms with Gasteiger partial charge in [0.15, 0.2) is 0 Å². The van der Waals surface area contributed by atoms with Crippen LogP contribution in [0.25, 0.3) is 0 Å². The first-order chi connectivity index (χ1) is 3.85. The Morgan fingerprint density at radius 3 is 2.50 bits per heavy atom. The Hall–Kier alpha value is -1.32. The maximum atomic E-state index is 8.14. The van der Waals surface area contributed by atoms with E-state index in [2.05, 4.69) is 0 Å². The van der Waals surface area contributed by atoms with Crippen LogP contribution >= 0.6 is 0 Å². The molecular weight excluding hydrogens is 100 g/mol. The Morgan fingerprint density at radius 1 is 1.75 bits per heavy atom. The highest BCUT2D eigenvalue weighted by Gasteiger charge is 1.79. The molecule has 0 aliphatic heterocycles. The molecule has 0 saturated carbocycles. The van der Waals surface area contributed by atoms with Crippen molar-refractivity contribution < 1.29 is 0 Å². The van der Waals surface area contributed by atoms with Crippen LogP contribution in [-0.4, -0.2) is 5.87 Å². The van der Waals surface area contributed by atoms with Crippen molar-refractivity contribution in [3.8, 4) is 6.07 Å². The molecule has 8 heavy (non-hydrogen) atoms. The smallest absolute Gasteiger partial charge is 0.112 e. The second-order valence-electron chi connectivity index (χ2n) is 1.15. The molecule has 0 aliphatic rings. The SMILES string of the molecule is C/C=C/C(=C=N)C#N. The molecule has 40 valence electrons. The number of nitriles is 1. The van der Waals surface area contributed by atoms with Crippen LogP contribution < -0.4 is 0 Å². The number of rotatable bonds is 1. The van der Waals surface area contributed by atoms with Gasteiger partial charge in [-0.25, -0.2) is 0 Å². The summed E-state index contributed by atoms with van der Waals surface area (Å²) in [6.45, 7) is 1.79. The molecule has 2 nitrogen and oxygen atoms in total. The fraction of sp³-hybridized carbons (Fsp3) is 0.167. The molecular formula is C6H6N2. The molecule has 0 atom stereocenters. The van der Waals surface area contributed by atoms with Crippen LogP contribution in [0.15, 0.2) is 17.7 Å². The first kappa shape index (κ1) is 6.68. The molecule has 0 amide bonds. The second kappa shape index (κ2) is 3.86. The lowest BCUT2D eigenvalue weighted by Crippen LogP contribution is -1.67. The van der Waals surface area contributed by atoms with Gasteiger partial charge in [-0.2, -0.15) is 5.26 Å². The van der Waals surface area contributed by atoms with Crippen LogP contribution in [0.1, 0.15) is 6.92 Å². The van der Waals surface area contributed by atoms with Gasteiger partial charge in [0.25, 0.3) is 0 Å². The molecule has 1 N–H and O–H groups in total. The van der Waals surface area contributed by atoms with Crippen LogP contribution in [0.2, 0.25) is 0 Å². The van der Waals surface area contributed by atoms with E-state index in [-0.39, 0.29) is 5.57 Å². The Kier molecular flexibility index (Phi) is 3.22. The maximum absolute atomic E-state index is 8.14. The Labute approximate surface area is 48.3 Å². The number of allylic oxidation sites excluding steroid dienone is 3. The first-order valence-electron chi connectivity index (χ1n) is 2.17. The zero-order valence-electron chi connectivity index (χ0n) is 4.60. The summed E-state index contributed by atoms with van der Waals surface area (Å²) < 4.78 is 0. The van der Waals surface area contributed by atoms with E-state index in [4.69, 9.17) is 10.7 Å². The normalized spacial score (nSPS) is 8.00. The topological polar surface area (TPSA) is 47.6 Å². The highest BCUT2D eigenvalue weighted by Crippen LogP contribution is 1.85. The molecule has 0 unspecified atom stereocenters. The average molecular weight is 106 g/mol. The number of nitrogens with zero attached hydrogens (tertiary/aromatic N) is 1. The highest BCUT2D eigenvalue weighted by molar-refractivity contribution is 5.64. The van der Waals surface area contributed by atoms with Gasteiger partial charge in [-0.1, -0.05) is 6.08 Å². The summed E-state index contributed by atoms with van der Waals surface area (Å²) >= 11 is 0. The largest absolute Gasteiger partial charge is 0.258 e. The third kappa shape index (κ3) is 1.96. The summed E-state index contributed by atoms with van der Waals surface area (Å²) in [7, 11) is 0. The van der Waals surface area contributed by atoms with E-state index < -0.39 is 0 Å². The molecule has 0 rings (SSSR count). The number of nitrogens with one attached hydrogen (secondary N) is 1. The van der Waals surface area contributed by atoms with Crippen LogP contribution in [0, 0.1) is 16.7 Å².